The van der Waals surface area contributed by atoms with Crippen LogP contribution in [0.3, 0.4) is 0 Å². The first-order valence-corrected chi connectivity index (χ1v) is 8.11. The molecule has 0 saturated carbocycles. The zero-order valence-electron chi connectivity index (χ0n) is 12.5. The summed E-state index contributed by atoms with van der Waals surface area (Å²) in [6.45, 7) is -0.771. The average Bonchev–Trinajstić information content (AvgIpc) is 3.00. The number of carbonyl (C=O) groups excluding carboxylic acids is 3. The van der Waals surface area contributed by atoms with E-state index in [9.17, 15) is 14.4 Å². The molecule has 1 aromatic carbocycles. The lowest BCUT2D eigenvalue weighted by molar-refractivity contribution is -0.148. The van der Waals surface area contributed by atoms with Crippen LogP contribution in [0.1, 0.15) is 5.69 Å². The number of nitrogens with one attached hydrogen (secondary N) is 1. The van der Waals surface area contributed by atoms with E-state index in [0.717, 1.165) is 10.6 Å². The predicted octanol–water partition coefficient (Wildman–Crippen LogP) is 1.15. The number of esters is 1. The quantitative estimate of drug-likeness (QED) is 0.713. The Morgan fingerprint density at radius 1 is 1.25 bits per heavy atom. The number of primary amides is 1. The topological polar surface area (TPSA) is 111 Å². The Kier molecular flexibility index (Phi) is 6.28. The molecule has 0 saturated heterocycles. The Bertz CT molecular complexity index is 745. The van der Waals surface area contributed by atoms with Crippen LogP contribution in [0, 0.1) is 0 Å². The van der Waals surface area contributed by atoms with E-state index in [2.05, 4.69) is 10.3 Å². The lowest BCUT2D eigenvalue weighted by Crippen LogP contribution is -2.36. The summed E-state index contributed by atoms with van der Waals surface area (Å²) in [7, 11) is 0. The maximum Gasteiger partial charge on any atom is 0.312 e. The van der Waals surface area contributed by atoms with E-state index in [-0.39, 0.29) is 13.0 Å². The molecule has 0 radical (unpaired) electrons. The number of nitrogens with two attached hydrogens (primary N) is 1. The molecule has 0 bridgehead atoms. The fraction of sp³-hybridized carbons (Fsp3) is 0.200. The van der Waals surface area contributed by atoms with Crippen molar-refractivity contribution in [3.05, 3.63) is 40.4 Å². The van der Waals surface area contributed by atoms with E-state index in [4.69, 9.17) is 22.1 Å². The fourth-order valence-electron chi connectivity index (χ4n) is 1.69. The van der Waals surface area contributed by atoms with Crippen LogP contribution in [-0.2, 0) is 25.5 Å². The van der Waals surface area contributed by atoms with Gasteiger partial charge >= 0.3 is 5.97 Å². The maximum absolute atomic E-state index is 11.7. The Labute approximate surface area is 146 Å². The summed E-state index contributed by atoms with van der Waals surface area (Å²) in [5.41, 5.74) is 6.33. The molecular weight excluding hydrogens is 354 g/mol. The number of hydrogen-bond acceptors (Lipinski definition) is 6. The van der Waals surface area contributed by atoms with Crippen LogP contribution in [0.15, 0.2) is 29.6 Å². The van der Waals surface area contributed by atoms with Gasteiger partial charge in [0.2, 0.25) is 5.91 Å². The Morgan fingerprint density at radius 3 is 2.62 bits per heavy atom. The Balaban J connectivity index is 1.83. The van der Waals surface area contributed by atoms with E-state index >= 15 is 0 Å². The second-order valence-corrected chi connectivity index (χ2v) is 6.03. The van der Waals surface area contributed by atoms with Crippen molar-refractivity contribution < 1.29 is 19.1 Å². The van der Waals surface area contributed by atoms with Gasteiger partial charge in [-0.05, 0) is 12.1 Å². The monoisotopic (exact) mass is 367 g/mol. The van der Waals surface area contributed by atoms with E-state index in [1.165, 1.54) is 11.3 Å². The van der Waals surface area contributed by atoms with Crippen LogP contribution in [0.25, 0.3) is 10.6 Å². The number of ether oxygens (including phenoxy) is 1. The van der Waals surface area contributed by atoms with Crippen molar-refractivity contribution >= 4 is 40.7 Å². The van der Waals surface area contributed by atoms with Gasteiger partial charge in [0.15, 0.2) is 6.61 Å². The van der Waals surface area contributed by atoms with Crippen molar-refractivity contribution in [2.45, 2.75) is 6.42 Å². The minimum absolute atomic E-state index is 0.0484. The van der Waals surface area contributed by atoms with Crippen LogP contribution in [0.4, 0.5) is 0 Å². The van der Waals surface area contributed by atoms with Gasteiger partial charge in [-0.25, -0.2) is 4.98 Å². The highest BCUT2D eigenvalue weighted by molar-refractivity contribution is 7.13. The zero-order chi connectivity index (χ0) is 17.5. The third-order valence-electron chi connectivity index (χ3n) is 2.79. The lowest BCUT2D eigenvalue weighted by atomic mass is 10.2. The highest BCUT2D eigenvalue weighted by Crippen LogP contribution is 2.25. The third-order valence-corrected chi connectivity index (χ3v) is 3.98. The van der Waals surface area contributed by atoms with Crippen LogP contribution in [0.5, 0.6) is 0 Å². The number of thiazole rings is 1. The minimum Gasteiger partial charge on any atom is -0.455 e. The van der Waals surface area contributed by atoms with Gasteiger partial charge in [0.1, 0.15) is 5.01 Å². The normalized spacial score (nSPS) is 10.2. The van der Waals surface area contributed by atoms with E-state index in [1.807, 2.05) is 12.1 Å². The van der Waals surface area contributed by atoms with Crippen molar-refractivity contribution in [3.63, 3.8) is 0 Å². The van der Waals surface area contributed by atoms with Gasteiger partial charge in [-0.15, -0.1) is 11.3 Å². The molecule has 0 atom stereocenters. The first-order valence-electron chi connectivity index (χ1n) is 6.85. The molecule has 3 N–H and O–H groups in total. The molecule has 0 fully saturated rings. The number of hydrogen-bond donors (Lipinski definition) is 2. The van der Waals surface area contributed by atoms with E-state index in [1.54, 1.807) is 17.5 Å². The smallest absolute Gasteiger partial charge is 0.312 e. The standard InChI is InChI=1S/C15H14ClN3O4S/c16-10-3-1-9(2-4-10)15-19-11(8-24-15)5-14(22)23-7-13(21)18-6-12(17)20/h1-4,8H,5-7H2,(H2,17,20)(H,18,21). The molecule has 7 nitrogen and oxygen atoms in total. The molecular formula is C15H14ClN3O4S. The number of aromatic nitrogens is 1. The van der Waals surface area contributed by atoms with Gasteiger partial charge in [0.05, 0.1) is 18.7 Å². The lowest BCUT2D eigenvalue weighted by Gasteiger charge is -2.04. The maximum atomic E-state index is 11.7. The number of benzene rings is 1. The first kappa shape index (κ1) is 17.9. The van der Waals surface area contributed by atoms with Crippen molar-refractivity contribution in [1.29, 1.82) is 0 Å². The van der Waals surface area contributed by atoms with E-state index in [0.29, 0.717) is 10.7 Å². The Morgan fingerprint density at radius 2 is 1.96 bits per heavy atom. The van der Waals surface area contributed by atoms with Crippen LogP contribution >= 0.6 is 22.9 Å². The van der Waals surface area contributed by atoms with Crippen molar-refractivity contribution in [2.24, 2.45) is 5.73 Å². The van der Waals surface area contributed by atoms with E-state index < -0.39 is 24.4 Å². The summed E-state index contributed by atoms with van der Waals surface area (Å²) in [4.78, 5) is 37.9. The van der Waals surface area contributed by atoms with Gasteiger partial charge in [0.25, 0.3) is 5.91 Å². The summed E-state index contributed by atoms with van der Waals surface area (Å²) in [6, 6.07) is 7.20. The second kappa shape index (κ2) is 8.42. The molecule has 126 valence electrons. The van der Waals surface area contributed by atoms with Gasteiger partial charge < -0.3 is 15.8 Å². The fourth-order valence-corrected chi connectivity index (χ4v) is 2.65. The zero-order valence-corrected chi connectivity index (χ0v) is 14.0. The van der Waals surface area contributed by atoms with Crippen molar-refractivity contribution in [1.82, 2.24) is 10.3 Å². The SMILES string of the molecule is NC(=O)CNC(=O)COC(=O)Cc1csc(-c2ccc(Cl)cc2)n1. The third kappa shape index (κ3) is 5.64. The molecule has 0 aliphatic carbocycles. The molecule has 9 heteroatoms. The molecule has 2 rings (SSSR count). The van der Waals surface area contributed by atoms with Gasteiger partial charge in [-0.2, -0.15) is 0 Å². The predicted molar refractivity (Wildman–Crippen MR) is 89.4 cm³/mol. The van der Waals surface area contributed by atoms with Gasteiger partial charge in [0, 0.05) is 16.0 Å². The molecule has 0 aliphatic heterocycles. The molecule has 1 heterocycles. The summed E-state index contributed by atoms with van der Waals surface area (Å²) in [5, 5.41) is 5.36. The summed E-state index contributed by atoms with van der Waals surface area (Å²) >= 11 is 7.23. The molecule has 24 heavy (non-hydrogen) atoms. The number of amides is 2. The summed E-state index contributed by atoms with van der Waals surface area (Å²) in [5.74, 6) is -1.86. The highest BCUT2D eigenvalue weighted by Gasteiger charge is 2.12. The second-order valence-electron chi connectivity index (χ2n) is 4.73. The van der Waals surface area contributed by atoms with Crippen molar-refractivity contribution in [3.8, 4) is 10.6 Å². The largest absolute Gasteiger partial charge is 0.455 e. The van der Waals surface area contributed by atoms with Crippen LogP contribution in [0.2, 0.25) is 5.02 Å². The molecule has 1 aromatic heterocycles. The summed E-state index contributed by atoms with van der Waals surface area (Å²) in [6.07, 6.45) is -0.0484. The molecule has 0 aliphatic rings. The van der Waals surface area contributed by atoms with Crippen molar-refractivity contribution in [2.75, 3.05) is 13.2 Å². The molecule has 2 aromatic rings. The molecule has 0 unspecified atom stereocenters. The molecule has 2 amide bonds. The number of carbonyl (C=O) groups is 3. The van der Waals surface area contributed by atoms with Crippen LogP contribution in [-0.4, -0.2) is 35.9 Å². The number of halogens is 1. The highest BCUT2D eigenvalue weighted by atomic mass is 35.5. The number of nitrogens with zero attached hydrogens (tertiary/aromatic N) is 1. The molecule has 0 spiro atoms. The average molecular weight is 368 g/mol. The van der Waals surface area contributed by atoms with Gasteiger partial charge in [-0.1, -0.05) is 23.7 Å². The van der Waals surface area contributed by atoms with Gasteiger partial charge in [-0.3, -0.25) is 14.4 Å². The minimum atomic E-state index is -0.674. The van der Waals surface area contributed by atoms with Crippen LogP contribution < -0.4 is 11.1 Å². The Hall–Kier alpha value is -2.45. The first-order chi connectivity index (χ1) is 11.4. The summed E-state index contributed by atoms with van der Waals surface area (Å²) < 4.78 is 4.81. The number of rotatable bonds is 7.